The summed E-state index contributed by atoms with van der Waals surface area (Å²) in [6.07, 6.45) is 0. The molecule has 0 amide bonds. The van der Waals surface area contributed by atoms with E-state index in [1.165, 1.54) is 20.9 Å². The summed E-state index contributed by atoms with van der Waals surface area (Å²) in [5, 5.41) is 19.1. The standard InChI is InChI=1S/C25H21N2S/c1-19-8-12-23(13-9-19)28(24-14-10-20(2)11-15-24)18-25(22(16-26)17-27)21-6-4-3-5-7-21/h3-15H,18H2,1-2H3/q+1. The summed E-state index contributed by atoms with van der Waals surface area (Å²) in [6, 6.07) is 31.0. The highest BCUT2D eigenvalue weighted by Crippen LogP contribution is 2.31. The predicted octanol–water partition coefficient (Wildman–Crippen LogP) is 5.84. The molecule has 0 unspecified atom stereocenters. The van der Waals surface area contributed by atoms with Gasteiger partial charge in [0, 0.05) is 5.57 Å². The number of allylic oxidation sites excluding steroid dienone is 1. The van der Waals surface area contributed by atoms with Crippen molar-refractivity contribution in [2.45, 2.75) is 23.6 Å². The molecule has 28 heavy (non-hydrogen) atoms. The number of benzene rings is 3. The lowest BCUT2D eigenvalue weighted by Crippen LogP contribution is -2.12. The van der Waals surface area contributed by atoms with Gasteiger partial charge in [0.15, 0.2) is 9.79 Å². The Labute approximate surface area is 169 Å². The monoisotopic (exact) mass is 381 g/mol. The van der Waals surface area contributed by atoms with Crippen molar-refractivity contribution in [1.29, 1.82) is 10.5 Å². The van der Waals surface area contributed by atoms with Gasteiger partial charge in [0.2, 0.25) is 0 Å². The second-order valence-electron chi connectivity index (χ2n) is 6.60. The third-order valence-electron chi connectivity index (χ3n) is 4.55. The van der Waals surface area contributed by atoms with Gasteiger partial charge in [-0.3, -0.25) is 0 Å². The maximum atomic E-state index is 9.56. The molecule has 0 atom stereocenters. The molecule has 3 aromatic carbocycles. The van der Waals surface area contributed by atoms with Crippen LogP contribution in [0.15, 0.2) is 94.2 Å². The Morgan fingerprint density at radius 2 is 1.18 bits per heavy atom. The van der Waals surface area contributed by atoms with Gasteiger partial charge in [0.05, 0.1) is 10.9 Å². The average molecular weight is 382 g/mol. The van der Waals surface area contributed by atoms with E-state index in [-0.39, 0.29) is 16.5 Å². The SMILES string of the molecule is Cc1ccc([S+](CC(=C(C#N)C#N)c2ccccc2)c2ccc(C)cc2)cc1. The van der Waals surface area contributed by atoms with E-state index in [2.05, 4.69) is 74.5 Å². The zero-order valence-electron chi connectivity index (χ0n) is 16.0. The van der Waals surface area contributed by atoms with Crippen LogP contribution in [0.3, 0.4) is 0 Å². The Bertz CT molecular complexity index is 989. The van der Waals surface area contributed by atoms with Gasteiger partial charge in [0.25, 0.3) is 0 Å². The van der Waals surface area contributed by atoms with Crippen molar-refractivity contribution >= 4 is 16.5 Å². The van der Waals surface area contributed by atoms with Crippen molar-refractivity contribution in [1.82, 2.24) is 0 Å². The van der Waals surface area contributed by atoms with Crippen LogP contribution in [0.2, 0.25) is 0 Å². The Morgan fingerprint density at radius 3 is 1.61 bits per heavy atom. The molecule has 136 valence electrons. The van der Waals surface area contributed by atoms with E-state index in [0.717, 1.165) is 11.1 Å². The Balaban J connectivity index is 2.12. The molecule has 0 bridgehead atoms. The molecule has 2 nitrogen and oxygen atoms in total. The van der Waals surface area contributed by atoms with E-state index >= 15 is 0 Å². The largest absolute Gasteiger partial charge is 0.192 e. The van der Waals surface area contributed by atoms with Crippen LogP contribution in [0, 0.1) is 36.5 Å². The molecule has 0 radical (unpaired) electrons. The molecule has 0 aliphatic heterocycles. The second kappa shape index (κ2) is 9.09. The molecule has 3 heteroatoms. The van der Waals surface area contributed by atoms with E-state index in [1.807, 2.05) is 30.3 Å². The summed E-state index contributed by atoms with van der Waals surface area (Å²) in [6.45, 7) is 4.15. The normalized spacial score (nSPS) is 10.2. The minimum Gasteiger partial charge on any atom is -0.192 e. The number of nitrogens with zero attached hydrogens (tertiary/aromatic N) is 2. The Kier molecular flexibility index (Phi) is 6.33. The summed E-state index contributed by atoms with van der Waals surface area (Å²) in [5.41, 5.74) is 4.34. The highest BCUT2D eigenvalue weighted by atomic mass is 32.2. The summed E-state index contributed by atoms with van der Waals surface area (Å²) in [5.74, 6) is 0.618. The van der Waals surface area contributed by atoms with Crippen LogP contribution in [-0.4, -0.2) is 5.75 Å². The highest BCUT2D eigenvalue weighted by Gasteiger charge is 2.29. The molecule has 0 aliphatic carbocycles. The highest BCUT2D eigenvalue weighted by molar-refractivity contribution is 7.97. The number of hydrogen-bond donors (Lipinski definition) is 0. The smallest absolute Gasteiger partial charge is 0.161 e. The molecule has 0 heterocycles. The van der Waals surface area contributed by atoms with Crippen LogP contribution < -0.4 is 0 Å². The van der Waals surface area contributed by atoms with Crippen molar-refractivity contribution in [2.24, 2.45) is 0 Å². The zero-order valence-corrected chi connectivity index (χ0v) is 16.8. The topological polar surface area (TPSA) is 47.6 Å². The lowest BCUT2D eigenvalue weighted by Gasteiger charge is -2.12. The van der Waals surface area contributed by atoms with E-state index < -0.39 is 0 Å². The zero-order chi connectivity index (χ0) is 19.9. The minimum atomic E-state index is -0.282. The molecule has 0 aliphatic rings. The molecule has 0 N–H and O–H groups in total. The fourth-order valence-corrected chi connectivity index (χ4v) is 5.09. The number of rotatable bonds is 5. The number of aryl methyl sites for hydroxylation is 2. The summed E-state index contributed by atoms with van der Waals surface area (Å²) in [7, 11) is -0.282. The summed E-state index contributed by atoms with van der Waals surface area (Å²) in [4.78, 5) is 2.41. The average Bonchev–Trinajstić information content (AvgIpc) is 2.73. The van der Waals surface area contributed by atoms with E-state index in [4.69, 9.17) is 0 Å². The van der Waals surface area contributed by atoms with Crippen molar-refractivity contribution in [2.75, 3.05) is 5.75 Å². The summed E-state index contributed by atoms with van der Waals surface area (Å²) >= 11 is 0. The molecule has 3 aromatic rings. The lowest BCUT2D eigenvalue weighted by atomic mass is 10.0. The van der Waals surface area contributed by atoms with Crippen LogP contribution in [0.25, 0.3) is 5.57 Å². The van der Waals surface area contributed by atoms with Crippen molar-refractivity contribution in [3.05, 3.63) is 101 Å². The fraction of sp³-hybridized carbons (Fsp3) is 0.120. The summed E-state index contributed by atoms with van der Waals surface area (Å²) < 4.78 is 0. The molecular weight excluding hydrogens is 360 g/mol. The van der Waals surface area contributed by atoms with Gasteiger partial charge in [0.1, 0.15) is 23.5 Å². The quantitative estimate of drug-likeness (QED) is 0.412. The third-order valence-corrected chi connectivity index (χ3v) is 6.81. The Morgan fingerprint density at radius 1 is 0.714 bits per heavy atom. The molecule has 0 spiro atoms. The first-order chi connectivity index (χ1) is 13.6. The van der Waals surface area contributed by atoms with Gasteiger partial charge < -0.3 is 0 Å². The molecule has 3 rings (SSSR count). The van der Waals surface area contributed by atoms with Gasteiger partial charge >= 0.3 is 0 Å². The third kappa shape index (κ3) is 4.52. The van der Waals surface area contributed by atoms with Crippen LogP contribution in [-0.2, 0) is 10.9 Å². The molecule has 0 saturated carbocycles. The first kappa shape index (κ1) is 19.5. The Hall–Kier alpha value is -3.27. The lowest BCUT2D eigenvalue weighted by molar-refractivity contribution is 1.31. The van der Waals surface area contributed by atoms with Gasteiger partial charge in [-0.15, -0.1) is 0 Å². The van der Waals surface area contributed by atoms with Crippen LogP contribution in [0.1, 0.15) is 16.7 Å². The minimum absolute atomic E-state index is 0.183. The van der Waals surface area contributed by atoms with E-state index in [0.29, 0.717) is 5.75 Å². The molecule has 0 saturated heterocycles. The number of hydrogen-bond acceptors (Lipinski definition) is 2. The van der Waals surface area contributed by atoms with Crippen molar-refractivity contribution in [3.8, 4) is 12.1 Å². The second-order valence-corrected chi connectivity index (χ2v) is 8.62. The maximum absolute atomic E-state index is 9.56. The van der Waals surface area contributed by atoms with Crippen LogP contribution >= 0.6 is 0 Å². The van der Waals surface area contributed by atoms with Crippen LogP contribution in [0.4, 0.5) is 0 Å². The van der Waals surface area contributed by atoms with Gasteiger partial charge in [-0.25, -0.2) is 0 Å². The maximum Gasteiger partial charge on any atom is 0.161 e. The van der Waals surface area contributed by atoms with Crippen molar-refractivity contribution < 1.29 is 0 Å². The van der Waals surface area contributed by atoms with Crippen molar-refractivity contribution in [3.63, 3.8) is 0 Å². The van der Waals surface area contributed by atoms with Crippen LogP contribution in [0.5, 0.6) is 0 Å². The molecule has 0 fully saturated rings. The van der Waals surface area contributed by atoms with Gasteiger partial charge in [-0.1, -0.05) is 65.7 Å². The fourth-order valence-electron chi connectivity index (χ4n) is 2.95. The first-order valence-corrected chi connectivity index (χ1v) is 10.4. The van der Waals surface area contributed by atoms with E-state index in [1.54, 1.807) is 0 Å². The van der Waals surface area contributed by atoms with Gasteiger partial charge in [-0.05, 0) is 43.7 Å². The molecular formula is C25H21N2S+. The predicted molar refractivity (Wildman–Crippen MR) is 116 cm³/mol. The molecule has 0 aromatic heterocycles. The number of nitriles is 2. The van der Waals surface area contributed by atoms with E-state index in [9.17, 15) is 10.5 Å². The van der Waals surface area contributed by atoms with Gasteiger partial charge in [-0.2, -0.15) is 10.5 Å². The first-order valence-electron chi connectivity index (χ1n) is 9.05.